The molecule has 0 saturated carbocycles. The Bertz CT molecular complexity index is 923. The second-order valence-electron chi connectivity index (χ2n) is 7.10. The topological polar surface area (TPSA) is 77.2 Å². The van der Waals surface area contributed by atoms with Gasteiger partial charge in [-0.2, -0.15) is 0 Å². The van der Waals surface area contributed by atoms with Gasteiger partial charge in [-0.25, -0.2) is 4.99 Å². The first-order chi connectivity index (χ1) is 15.8. The van der Waals surface area contributed by atoms with Crippen LogP contribution in [-0.4, -0.2) is 39.9 Å². The van der Waals surface area contributed by atoms with E-state index >= 15 is 0 Å². The van der Waals surface area contributed by atoms with E-state index in [2.05, 4.69) is 10.6 Å². The molecule has 0 amide bonds. The average molecular weight is 438 g/mol. The molecular formula is C25H31N3O4. The highest BCUT2D eigenvalue weighted by atomic mass is 16.5. The molecule has 0 aliphatic carbocycles. The Morgan fingerprint density at radius 3 is 2.12 bits per heavy atom. The number of rotatable bonds is 12. The summed E-state index contributed by atoms with van der Waals surface area (Å²) in [5.74, 6) is 3.35. The van der Waals surface area contributed by atoms with Crippen molar-refractivity contribution in [1.82, 2.24) is 10.6 Å². The van der Waals surface area contributed by atoms with Crippen LogP contribution in [0.4, 0.5) is 0 Å². The number of methoxy groups -OCH3 is 2. The normalized spacial score (nSPS) is 11.2. The first-order valence-corrected chi connectivity index (χ1v) is 10.6. The van der Waals surface area contributed by atoms with E-state index in [0.717, 1.165) is 40.8 Å². The van der Waals surface area contributed by atoms with E-state index in [1.54, 1.807) is 20.5 Å². The minimum Gasteiger partial charge on any atom is -0.497 e. The van der Waals surface area contributed by atoms with Crippen molar-refractivity contribution in [1.29, 1.82) is 0 Å². The molecule has 170 valence electrons. The van der Waals surface area contributed by atoms with Gasteiger partial charge in [-0.1, -0.05) is 24.3 Å². The van der Waals surface area contributed by atoms with Crippen LogP contribution in [0.5, 0.6) is 11.5 Å². The Balaban J connectivity index is 1.46. The zero-order valence-electron chi connectivity index (χ0n) is 18.7. The van der Waals surface area contributed by atoms with Crippen LogP contribution in [0, 0.1) is 0 Å². The first kappa shape index (κ1) is 23.2. The average Bonchev–Trinajstić information content (AvgIpc) is 3.36. The van der Waals surface area contributed by atoms with Crippen molar-refractivity contribution in [2.45, 2.75) is 19.6 Å². The predicted molar refractivity (Wildman–Crippen MR) is 125 cm³/mol. The maximum absolute atomic E-state index is 5.78. The maximum Gasteiger partial charge on any atom is 0.191 e. The third-order valence-electron chi connectivity index (χ3n) is 4.79. The van der Waals surface area contributed by atoms with Gasteiger partial charge in [-0.15, -0.1) is 0 Å². The lowest BCUT2D eigenvalue weighted by molar-refractivity contribution is 0.125. The zero-order valence-corrected chi connectivity index (χ0v) is 18.7. The number of ether oxygens (including phenoxy) is 3. The number of guanidine groups is 1. The maximum atomic E-state index is 5.78. The minimum absolute atomic E-state index is 0.552. The largest absolute Gasteiger partial charge is 0.497 e. The van der Waals surface area contributed by atoms with Gasteiger partial charge in [0.15, 0.2) is 5.96 Å². The summed E-state index contributed by atoms with van der Waals surface area (Å²) in [6.45, 7) is 3.04. The van der Waals surface area contributed by atoms with Gasteiger partial charge in [0, 0.05) is 19.5 Å². The Kier molecular flexibility index (Phi) is 9.48. The Labute approximate surface area is 189 Å². The van der Waals surface area contributed by atoms with Crippen molar-refractivity contribution in [2.75, 3.05) is 33.9 Å². The molecule has 1 aromatic heterocycles. The van der Waals surface area contributed by atoms with E-state index in [0.29, 0.717) is 32.8 Å². The number of furan rings is 1. The van der Waals surface area contributed by atoms with Gasteiger partial charge >= 0.3 is 0 Å². The highest BCUT2D eigenvalue weighted by Crippen LogP contribution is 2.12. The molecule has 0 radical (unpaired) electrons. The molecule has 2 aromatic carbocycles. The standard InChI is InChI=1S/C25H31N3O4/c1-29-22-9-5-20(6-10-22)18-28-25(26-14-13-24-4-3-16-32-24)27-15-17-31-19-21-7-11-23(30-2)12-8-21/h3-12,16H,13-15,17-19H2,1-2H3,(H2,26,27,28). The fourth-order valence-electron chi connectivity index (χ4n) is 2.99. The van der Waals surface area contributed by atoms with Crippen LogP contribution in [0.1, 0.15) is 16.9 Å². The Morgan fingerprint density at radius 1 is 0.844 bits per heavy atom. The Morgan fingerprint density at radius 2 is 1.50 bits per heavy atom. The number of hydrogen-bond acceptors (Lipinski definition) is 5. The molecule has 0 saturated heterocycles. The number of nitrogens with zero attached hydrogens (tertiary/aromatic N) is 1. The highest BCUT2D eigenvalue weighted by Gasteiger charge is 2.02. The lowest BCUT2D eigenvalue weighted by Gasteiger charge is -2.13. The summed E-state index contributed by atoms with van der Waals surface area (Å²) in [5, 5.41) is 6.69. The fourth-order valence-corrected chi connectivity index (χ4v) is 2.99. The molecule has 0 bridgehead atoms. The van der Waals surface area contributed by atoms with Gasteiger partial charge < -0.3 is 29.3 Å². The van der Waals surface area contributed by atoms with E-state index in [1.807, 2.05) is 60.7 Å². The van der Waals surface area contributed by atoms with E-state index in [1.165, 1.54) is 0 Å². The van der Waals surface area contributed by atoms with Crippen molar-refractivity contribution in [3.63, 3.8) is 0 Å². The van der Waals surface area contributed by atoms with Gasteiger partial charge in [-0.05, 0) is 47.5 Å². The summed E-state index contributed by atoms with van der Waals surface area (Å²) in [7, 11) is 3.32. The van der Waals surface area contributed by atoms with Gasteiger partial charge in [0.25, 0.3) is 0 Å². The predicted octanol–water partition coefficient (Wildman–Crippen LogP) is 3.79. The third-order valence-corrected chi connectivity index (χ3v) is 4.79. The highest BCUT2D eigenvalue weighted by molar-refractivity contribution is 5.79. The molecule has 0 aliphatic rings. The number of benzene rings is 2. The van der Waals surface area contributed by atoms with E-state index < -0.39 is 0 Å². The second kappa shape index (κ2) is 13.1. The van der Waals surface area contributed by atoms with Crippen LogP contribution < -0.4 is 20.1 Å². The quantitative estimate of drug-likeness (QED) is 0.255. The molecule has 0 atom stereocenters. The van der Waals surface area contributed by atoms with Gasteiger partial charge in [0.2, 0.25) is 0 Å². The van der Waals surface area contributed by atoms with Gasteiger partial charge in [-0.3, -0.25) is 0 Å². The molecule has 7 nitrogen and oxygen atoms in total. The van der Waals surface area contributed by atoms with Crippen molar-refractivity contribution >= 4 is 5.96 Å². The van der Waals surface area contributed by atoms with Crippen LogP contribution >= 0.6 is 0 Å². The van der Waals surface area contributed by atoms with Crippen LogP contribution in [0.2, 0.25) is 0 Å². The van der Waals surface area contributed by atoms with Crippen molar-refractivity contribution < 1.29 is 18.6 Å². The van der Waals surface area contributed by atoms with Gasteiger partial charge in [0.1, 0.15) is 17.3 Å². The van der Waals surface area contributed by atoms with Gasteiger partial charge in [0.05, 0.1) is 40.2 Å². The number of nitrogens with one attached hydrogen (secondary N) is 2. The number of aliphatic imine (C=N–C) groups is 1. The summed E-state index contributed by atoms with van der Waals surface area (Å²) < 4.78 is 21.6. The lowest BCUT2D eigenvalue weighted by Crippen LogP contribution is -2.40. The molecule has 1 heterocycles. The van der Waals surface area contributed by atoms with Crippen LogP contribution in [0.25, 0.3) is 0 Å². The Hall–Kier alpha value is -3.45. The van der Waals surface area contributed by atoms with Crippen molar-refractivity contribution in [3.8, 4) is 11.5 Å². The monoisotopic (exact) mass is 437 g/mol. The minimum atomic E-state index is 0.552. The molecule has 0 spiro atoms. The summed E-state index contributed by atoms with van der Waals surface area (Å²) in [5.41, 5.74) is 2.21. The van der Waals surface area contributed by atoms with E-state index in [-0.39, 0.29) is 0 Å². The molecule has 32 heavy (non-hydrogen) atoms. The van der Waals surface area contributed by atoms with Crippen molar-refractivity contribution in [2.24, 2.45) is 4.99 Å². The van der Waals surface area contributed by atoms with E-state index in [9.17, 15) is 0 Å². The first-order valence-electron chi connectivity index (χ1n) is 10.6. The molecule has 0 unspecified atom stereocenters. The van der Waals surface area contributed by atoms with Crippen LogP contribution in [0.15, 0.2) is 76.3 Å². The molecule has 3 aromatic rings. The summed E-state index contributed by atoms with van der Waals surface area (Å²) in [6, 6.07) is 19.6. The lowest BCUT2D eigenvalue weighted by atomic mass is 10.2. The molecule has 0 aliphatic heterocycles. The fraction of sp³-hybridized carbons (Fsp3) is 0.320. The van der Waals surface area contributed by atoms with Crippen molar-refractivity contribution in [3.05, 3.63) is 83.8 Å². The summed E-state index contributed by atoms with van der Waals surface area (Å²) in [4.78, 5) is 4.70. The van der Waals surface area contributed by atoms with Crippen LogP contribution in [-0.2, 0) is 24.3 Å². The molecular weight excluding hydrogens is 406 g/mol. The molecule has 0 fully saturated rings. The molecule has 2 N–H and O–H groups in total. The zero-order chi connectivity index (χ0) is 22.4. The number of hydrogen-bond donors (Lipinski definition) is 2. The van der Waals surface area contributed by atoms with Crippen LogP contribution in [0.3, 0.4) is 0 Å². The molecule has 7 heteroatoms. The smallest absolute Gasteiger partial charge is 0.191 e. The molecule has 3 rings (SSSR count). The van der Waals surface area contributed by atoms with E-state index in [4.69, 9.17) is 23.6 Å². The summed E-state index contributed by atoms with van der Waals surface area (Å²) >= 11 is 0. The third kappa shape index (κ3) is 8.00. The second-order valence-corrected chi connectivity index (χ2v) is 7.10. The SMILES string of the molecule is COc1ccc(CN=C(NCCOCc2ccc(OC)cc2)NCCc2ccco2)cc1. The summed E-state index contributed by atoms with van der Waals surface area (Å²) in [6.07, 6.45) is 2.47.